The van der Waals surface area contributed by atoms with Gasteiger partial charge in [0.05, 0.1) is 0 Å². The van der Waals surface area contributed by atoms with E-state index < -0.39 is 0 Å². The second-order valence-electron chi connectivity index (χ2n) is 3.47. The van der Waals surface area contributed by atoms with Crippen molar-refractivity contribution >= 4 is 17.4 Å². The lowest BCUT2D eigenvalue weighted by Gasteiger charge is -2.21. The number of hydrogen-bond donors (Lipinski definition) is 1. The number of ether oxygens (including phenoxy) is 1. The molecular weight excluding hydrogens is 194 g/mol. The van der Waals surface area contributed by atoms with E-state index in [4.69, 9.17) is 10.5 Å². The Morgan fingerprint density at radius 3 is 2.64 bits per heavy atom. The van der Waals surface area contributed by atoms with Crippen LogP contribution in [0.4, 0.5) is 5.69 Å². The van der Waals surface area contributed by atoms with Gasteiger partial charge in [-0.05, 0) is 25.0 Å². The number of rotatable bonds is 2. The first-order chi connectivity index (χ1) is 6.86. The van der Waals surface area contributed by atoms with E-state index in [0.717, 1.165) is 31.7 Å². The lowest BCUT2D eigenvalue weighted by molar-refractivity contribution is 0.100. The predicted octanol–water partition coefficient (Wildman–Crippen LogP) is 2.54. The molecule has 0 atom stereocenters. The molecule has 1 heterocycles. The zero-order chi connectivity index (χ0) is 9.80. The van der Waals surface area contributed by atoms with Crippen LogP contribution in [0.1, 0.15) is 12.8 Å². The highest BCUT2D eigenvalue weighted by Gasteiger charge is 2.15. The fourth-order valence-corrected chi connectivity index (χ4v) is 2.71. The van der Waals surface area contributed by atoms with Crippen LogP contribution in [-0.2, 0) is 4.74 Å². The summed E-state index contributed by atoms with van der Waals surface area (Å²) in [6, 6.07) is 8.07. The molecule has 1 aromatic rings. The predicted molar refractivity (Wildman–Crippen MR) is 60.6 cm³/mol. The minimum absolute atomic E-state index is 0.674. The van der Waals surface area contributed by atoms with E-state index in [1.54, 1.807) is 0 Å². The highest BCUT2D eigenvalue weighted by molar-refractivity contribution is 8.00. The third kappa shape index (κ3) is 2.42. The zero-order valence-corrected chi connectivity index (χ0v) is 8.93. The van der Waals surface area contributed by atoms with Crippen molar-refractivity contribution in [1.29, 1.82) is 0 Å². The van der Waals surface area contributed by atoms with Crippen LogP contribution < -0.4 is 5.73 Å². The van der Waals surface area contributed by atoms with Gasteiger partial charge in [0.2, 0.25) is 0 Å². The maximum Gasteiger partial charge on any atom is 0.0476 e. The van der Waals surface area contributed by atoms with E-state index in [2.05, 4.69) is 6.07 Å². The Morgan fingerprint density at radius 2 is 1.93 bits per heavy atom. The van der Waals surface area contributed by atoms with Gasteiger partial charge in [0.1, 0.15) is 0 Å². The van der Waals surface area contributed by atoms with Gasteiger partial charge in [0, 0.05) is 29.0 Å². The molecule has 0 saturated carbocycles. The quantitative estimate of drug-likeness (QED) is 0.760. The smallest absolute Gasteiger partial charge is 0.0476 e. The molecule has 2 N–H and O–H groups in total. The molecule has 0 radical (unpaired) electrons. The average Bonchev–Trinajstić information content (AvgIpc) is 2.23. The molecular formula is C11H15NOS. The van der Waals surface area contributed by atoms with Crippen LogP contribution in [0.25, 0.3) is 0 Å². The average molecular weight is 209 g/mol. The lowest BCUT2D eigenvalue weighted by Crippen LogP contribution is -2.17. The molecule has 0 unspecified atom stereocenters. The van der Waals surface area contributed by atoms with Crippen molar-refractivity contribution < 1.29 is 4.74 Å². The fraction of sp³-hybridized carbons (Fsp3) is 0.455. The summed E-state index contributed by atoms with van der Waals surface area (Å²) in [7, 11) is 0. The molecule has 0 bridgehead atoms. The molecule has 0 aliphatic carbocycles. The summed E-state index contributed by atoms with van der Waals surface area (Å²) in [6.07, 6.45) is 2.28. The first kappa shape index (κ1) is 9.87. The third-order valence-electron chi connectivity index (χ3n) is 2.38. The molecule has 2 rings (SSSR count). The Morgan fingerprint density at radius 1 is 1.21 bits per heavy atom. The topological polar surface area (TPSA) is 35.2 Å². The van der Waals surface area contributed by atoms with E-state index in [-0.39, 0.29) is 0 Å². The van der Waals surface area contributed by atoms with E-state index >= 15 is 0 Å². The highest BCUT2D eigenvalue weighted by atomic mass is 32.2. The van der Waals surface area contributed by atoms with Gasteiger partial charge in [0.15, 0.2) is 0 Å². The summed E-state index contributed by atoms with van der Waals surface area (Å²) in [4.78, 5) is 1.21. The fourth-order valence-electron chi connectivity index (χ4n) is 1.56. The third-order valence-corrected chi connectivity index (χ3v) is 3.81. The second-order valence-corrected chi connectivity index (χ2v) is 4.81. The standard InChI is InChI=1S/C11H15NOS/c12-10-3-1-2-4-11(10)14-9-5-7-13-8-6-9/h1-4,9H,5-8,12H2. The normalized spacial score (nSPS) is 18.3. The van der Waals surface area contributed by atoms with Crippen molar-refractivity contribution in [3.8, 4) is 0 Å². The first-order valence-corrected chi connectivity index (χ1v) is 5.83. The van der Waals surface area contributed by atoms with Crippen molar-refractivity contribution in [1.82, 2.24) is 0 Å². The van der Waals surface area contributed by atoms with Crippen molar-refractivity contribution in [2.24, 2.45) is 0 Å². The summed E-state index contributed by atoms with van der Waals surface area (Å²) in [5.74, 6) is 0. The minimum atomic E-state index is 0.674. The van der Waals surface area contributed by atoms with Gasteiger partial charge < -0.3 is 10.5 Å². The number of para-hydroxylation sites is 1. The molecule has 1 fully saturated rings. The summed E-state index contributed by atoms with van der Waals surface area (Å²) in [5.41, 5.74) is 6.78. The van der Waals surface area contributed by atoms with Crippen molar-refractivity contribution in [3.05, 3.63) is 24.3 Å². The van der Waals surface area contributed by atoms with Crippen LogP contribution in [0.2, 0.25) is 0 Å². The van der Waals surface area contributed by atoms with Gasteiger partial charge in [-0.25, -0.2) is 0 Å². The van der Waals surface area contributed by atoms with Gasteiger partial charge in [-0.2, -0.15) is 0 Å². The summed E-state index contributed by atoms with van der Waals surface area (Å²) < 4.78 is 5.32. The van der Waals surface area contributed by atoms with Crippen molar-refractivity contribution in [2.45, 2.75) is 23.0 Å². The Bertz CT molecular complexity index is 297. The Labute approximate surface area is 88.8 Å². The van der Waals surface area contributed by atoms with Gasteiger partial charge in [0.25, 0.3) is 0 Å². The monoisotopic (exact) mass is 209 g/mol. The van der Waals surface area contributed by atoms with Crippen LogP contribution in [0.5, 0.6) is 0 Å². The first-order valence-electron chi connectivity index (χ1n) is 4.95. The van der Waals surface area contributed by atoms with Crippen LogP contribution in [0.3, 0.4) is 0 Å². The maximum atomic E-state index is 5.89. The van der Waals surface area contributed by atoms with E-state index in [9.17, 15) is 0 Å². The second kappa shape index (κ2) is 4.71. The van der Waals surface area contributed by atoms with Crippen molar-refractivity contribution in [3.63, 3.8) is 0 Å². The van der Waals surface area contributed by atoms with Gasteiger partial charge in [-0.1, -0.05) is 12.1 Å². The summed E-state index contributed by atoms with van der Waals surface area (Å²) in [5, 5.41) is 0.674. The Hall–Kier alpha value is -0.670. The van der Waals surface area contributed by atoms with Crippen molar-refractivity contribution in [2.75, 3.05) is 18.9 Å². The van der Waals surface area contributed by atoms with Crippen LogP contribution in [-0.4, -0.2) is 18.5 Å². The maximum absolute atomic E-state index is 5.89. The molecule has 14 heavy (non-hydrogen) atoms. The van der Waals surface area contributed by atoms with E-state index in [1.807, 2.05) is 30.0 Å². The molecule has 0 amide bonds. The van der Waals surface area contributed by atoms with Gasteiger partial charge in [-0.3, -0.25) is 0 Å². The highest BCUT2D eigenvalue weighted by Crippen LogP contribution is 2.32. The minimum Gasteiger partial charge on any atom is -0.398 e. The SMILES string of the molecule is Nc1ccccc1SC1CCOCC1. The molecule has 76 valence electrons. The van der Waals surface area contributed by atoms with Crippen LogP contribution in [0, 0.1) is 0 Å². The number of anilines is 1. The zero-order valence-electron chi connectivity index (χ0n) is 8.11. The molecule has 1 aliphatic rings. The number of nitrogen functional groups attached to an aromatic ring is 1. The van der Waals surface area contributed by atoms with E-state index in [0.29, 0.717) is 5.25 Å². The van der Waals surface area contributed by atoms with Gasteiger partial charge >= 0.3 is 0 Å². The molecule has 0 spiro atoms. The molecule has 1 aliphatic heterocycles. The van der Waals surface area contributed by atoms with Gasteiger partial charge in [-0.15, -0.1) is 11.8 Å². The lowest BCUT2D eigenvalue weighted by atomic mass is 10.2. The Balaban J connectivity index is 1.99. The van der Waals surface area contributed by atoms with Crippen LogP contribution in [0.15, 0.2) is 29.2 Å². The summed E-state index contributed by atoms with van der Waals surface area (Å²) >= 11 is 1.89. The molecule has 1 aromatic carbocycles. The Kier molecular flexibility index (Phi) is 3.32. The largest absolute Gasteiger partial charge is 0.398 e. The van der Waals surface area contributed by atoms with Crippen LogP contribution >= 0.6 is 11.8 Å². The number of benzene rings is 1. The number of hydrogen-bond acceptors (Lipinski definition) is 3. The van der Waals surface area contributed by atoms with E-state index in [1.165, 1.54) is 4.90 Å². The molecule has 3 heteroatoms. The molecule has 2 nitrogen and oxygen atoms in total. The summed E-state index contributed by atoms with van der Waals surface area (Å²) in [6.45, 7) is 1.79. The molecule has 0 aromatic heterocycles. The number of nitrogens with two attached hydrogens (primary N) is 1. The molecule has 1 saturated heterocycles. The number of thioether (sulfide) groups is 1.